The molecule has 0 spiro atoms. The van der Waals surface area contributed by atoms with E-state index in [0.29, 0.717) is 18.1 Å². The Balaban J connectivity index is 1.63. The molecule has 0 atom stereocenters. The van der Waals surface area contributed by atoms with Crippen molar-refractivity contribution in [3.8, 4) is 0 Å². The number of nitrogens with zero attached hydrogens (tertiary/aromatic N) is 2. The minimum Gasteiger partial charge on any atom is -0.337 e. The number of carbonyl (C=O) groups is 1. The van der Waals surface area contributed by atoms with E-state index in [0.717, 1.165) is 11.1 Å². The molecule has 1 heterocycles. The van der Waals surface area contributed by atoms with Crippen molar-refractivity contribution in [1.29, 1.82) is 0 Å². The van der Waals surface area contributed by atoms with E-state index in [9.17, 15) is 13.2 Å². The Hall–Kier alpha value is -2.15. The highest BCUT2D eigenvalue weighted by Gasteiger charge is 2.29. The lowest BCUT2D eigenvalue weighted by Gasteiger charge is -2.33. The van der Waals surface area contributed by atoms with Gasteiger partial charge in [-0.25, -0.2) is 8.42 Å². The molecule has 142 valence electrons. The van der Waals surface area contributed by atoms with Crippen molar-refractivity contribution in [3.05, 3.63) is 70.8 Å². The number of carbonyl (C=O) groups excluding carboxylic acids is 1. The monoisotopic (exact) mass is 404 g/mol. The number of amides is 1. The Morgan fingerprint density at radius 1 is 1.04 bits per heavy atom. The first-order chi connectivity index (χ1) is 12.9. The summed E-state index contributed by atoms with van der Waals surface area (Å²) in [7, 11) is -3.60. The zero-order chi connectivity index (χ0) is 19.4. The maximum absolute atomic E-state index is 12.7. The normalized spacial score (nSPS) is 16.0. The van der Waals surface area contributed by atoms with Crippen LogP contribution < -0.4 is 0 Å². The van der Waals surface area contributed by atoms with Crippen LogP contribution in [-0.2, 0) is 14.8 Å². The topological polar surface area (TPSA) is 57.7 Å². The van der Waals surface area contributed by atoms with E-state index >= 15 is 0 Å². The first kappa shape index (κ1) is 19.6. The second-order valence-corrected chi connectivity index (χ2v) is 8.75. The molecule has 0 unspecified atom stereocenters. The highest BCUT2D eigenvalue weighted by atomic mass is 35.5. The van der Waals surface area contributed by atoms with E-state index < -0.39 is 10.0 Å². The number of benzene rings is 2. The summed E-state index contributed by atoms with van der Waals surface area (Å²) in [5.74, 6) is -0.113. The Kier molecular flexibility index (Phi) is 5.99. The number of piperazine rings is 1. The molecule has 0 N–H and O–H groups in total. The second kappa shape index (κ2) is 8.25. The van der Waals surface area contributed by atoms with Gasteiger partial charge in [0.1, 0.15) is 0 Å². The number of hydrogen-bond donors (Lipinski definition) is 0. The Labute approximate surface area is 164 Å². The van der Waals surface area contributed by atoms with Gasteiger partial charge < -0.3 is 4.90 Å². The molecule has 1 saturated heterocycles. The highest BCUT2D eigenvalue weighted by Crippen LogP contribution is 2.21. The van der Waals surface area contributed by atoms with Crippen LogP contribution in [0.2, 0.25) is 5.02 Å². The zero-order valence-corrected chi connectivity index (χ0v) is 16.6. The first-order valence-electron chi connectivity index (χ1n) is 8.66. The number of hydrogen-bond acceptors (Lipinski definition) is 3. The standard InChI is InChI=1S/C20H21ClN2O3S/c1-16-5-2-3-6-17(16)9-10-20(24)22-11-13-23(14-12-22)27(25,26)19-8-4-7-18(21)15-19/h2-10,15H,11-14H2,1H3/b10-9+. The van der Waals surface area contributed by atoms with Crippen LogP contribution in [-0.4, -0.2) is 49.7 Å². The summed E-state index contributed by atoms with van der Waals surface area (Å²) < 4.78 is 26.8. The van der Waals surface area contributed by atoms with Crippen molar-refractivity contribution >= 4 is 33.6 Å². The third-order valence-electron chi connectivity index (χ3n) is 4.58. The summed E-state index contributed by atoms with van der Waals surface area (Å²) in [6.45, 7) is 3.23. The van der Waals surface area contributed by atoms with Crippen molar-refractivity contribution in [2.24, 2.45) is 0 Å². The van der Waals surface area contributed by atoms with Crippen molar-refractivity contribution in [2.75, 3.05) is 26.2 Å². The van der Waals surface area contributed by atoms with Gasteiger partial charge in [-0.05, 0) is 42.3 Å². The third-order valence-corrected chi connectivity index (χ3v) is 6.71. The van der Waals surface area contributed by atoms with Gasteiger partial charge in [-0.1, -0.05) is 41.9 Å². The molecule has 1 fully saturated rings. The fourth-order valence-electron chi connectivity index (χ4n) is 2.97. The summed E-state index contributed by atoms with van der Waals surface area (Å²) in [6.07, 6.45) is 3.34. The second-order valence-electron chi connectivity index (χ2n) is 6.38. The zero-order valence-electron chi connectivity index (χ0n) is 15.0. The van der Waals surface area contributed by atoms with Gasteiger partial charge in [0.25, 0.3) is 0 Å². The van der Waals surface area contributed by atoms with Crippen LogP contribution in [0.1, 0.15) is 11.1 Å². The largest absolute Gasteiger partial charge is 0.337 e. The van der Waals surface area contributed by atoms with E-state index in [1.165, 1.54) is 16.4 Å². The summed E-state index contributed by atoms with van der Waals surface area (Å²) >= 11 is 5.91. The quantitative estimate of drug-likeness (QED) is 0.735. The maximum atomic E-state index is 12.7. The van der Waals surface area contributed by atoms with E-state index in [2.05, 4.69) is 0 Å². The molecule has 2 aromatic carbocycles. The predicted octanol–water partition coefficient (Wildman–Crippen LogP) is 3.19. The van der Waals surface area contributed by atoms with Crippen molar-refractivity contribution in [1.82, 2.24) is 9.21 Å². The smallest absolute Gasteiger partial charge is 0.246 e. The van der Waals surface area contributed by atoms with E-state index in [-0.39, 0.29) is 23.9 Å². The minimum atomic E-state index is -3.60. The average Bonchev–Trinajstić information content (AvgIpc) is 2.67. The Bertz CT molecular complexity index is 965. The van der Waals surface area contributed by atoms with Gasteiger partial charge in [-0.3, -0.25) is 4.79 Å². The number of sulfonamides is 1. The molecular weight excluding hydrogens is 384 g/mol. The maximum Gasteiger partial charge on any atom is 0.246 e. The minimum absolute atomic E-state index is 0.113. The molecule has 27 heavy (non-hydrogen) atoms. The molecule has 0 aliphatic carbocycles. The van der Waals surface area contributed by atoms with Crippen molar-refractivity contribution in [3.63, 3.8) is 0 Å². The third kappa shape index (κ3) is 4.58. The number of halogens is 1. The summed E-state index contributed by atoms with van der Waals surface area (Å²) in [4.78, 5) is 14.2. The van der Waals surface area contributed by atoms with Crippen LogP contribution in [0, 0.1) is 6.92 Å². The highest BCUT2D eigenvalue weighted by molar-refractivity contribution is 7.89. The molecule has 1 aliphatic heterocycles. The van der Waals surface area contributed by atoms with Crippen LogP contribution in [0.4, 0.5) is 0 Å². The van der Waals surface area contributed by atoms with Gasteiger partial charge in [-0.15, -0.1) is 0 Å². The molecule has 0 bridgehead atoms. The fourth-order valence-corrected chi connectivity index (χ4v) is 4.69. The molecule has 0 saturated carbocycles. The first-order valence-corrected chi connectivity index (χ1v) is 10.5. The number of rotatable bonds is 4. The van der Waals surface area contributed by atoms with Gasteiger partial charge in [0.05, 0.1) is 4.90 Å². The van der Waals surface area contributed by atoms with Crippen LogP contribution >= 0.6 is 11.6 Å². The van der Waals surface area contributed by atoms with E-state index in [4.69, 9.17) is 11.6 Å². The lowest BCUT2D eigenvalue weighted by atomic mass is 10.1. The number of aryl methyl sites for hydroxylation is 1. The van der Waals surface area contributed by atoms with Gasteiger partial charge in [0.15, 0.2) is 0 Å². The van der Waals surface area contributed by atoms with Crippen LogP contribution in [0.3, 0.4) is 0 Å². The molecule has 7 heteroatoms. The Morgan fingerprint density at radius 2 is 1.74 bits per heavy atom. The summed E-state index contributed by atoms with van der Waals surface area (Å²) in [5, 5.41) is 0.381. The average molecular weight is 405 g/mol. The molecular formula is C20H21ClN2O3S. The lowest BCUT2D eigenvalue weighted by molar-refractivity contribution is -0.127. The molecule has 1 amide bonds. The Morgan fingerprint density at radius 3 is 2.41 bits per heavy atom. The predicted molar refractivity (Wildman–Crippen MR) is 107 cm³/mol. The van der Waals surface area contributed by atoms with Crippen LogP contribution in [0.5, 0.6) is 0 Å². The molecule has 5 nitrogen and oxygen atoms in total. The van der Waals surface area contributed by atoms with Crippen LogP contribution in [0.15, 0.2) is 59.5 Å². The van der Waals surface area contributed by atoms with E-state index in [1.54, 1.807) is 29.2 Å². The van der Waals surface area contributed by atoms with E-state index in [1.807, 2.05) is 31.2 Å². The van der Waals surface area contributed by atoms with Gasteiger partial charge in [0.2, 0.25) is 15.9 Å². The SMILES string of the molecule is Cc1ccccc1/C=C/C(=O)N1CCN(S(=O)(=O)c2cccc(Cl)c2)CC1. The molecule has 0 aromatic heterocycles. The van der Waals surface area contributed by atoms with Crippen molar-refractivity contribution in [2.45, 2.75) is 11.8 Å². The summed E-state index contributed by atoms with van der Waals surface area (Å²) in [6, 6.07) is 14.1. The fraction of sp³-hybridized carbons (Fsp3) is 0.250. The molecule has 0 radical (unpaired) electrons. The van der Waals surface area contributed by atoms with Gasteiger partial charge in [0, 0.05) is 37.3 Å². The van der Waals surface area contributed by atoms with Crippen molar-refractivity contribution < 1.29 is 13.2 Å². The molecule has 2 aromatic rings. The molecule has 3 rings (SSSR count). The van der Waals surface area contributed by atoms with Gasteiger partial charge >= 0.3 is 0 Å². The van der Waals surface area contributed by atoms with Gasteiger partial charge in [-0.2, -0.15) is 4.31 Å². The summed E-state index contributed by atoms with van der Waals surface area (Å²) in [5.41, 5.74) is 2.09. The van der Waals surface area contributed by atoms with Crippen LogP contribution in [0.25, 0.3) is 6.08 Å². The lowest BCUT2D eigenvalue weighted by Crippen LogP contribution is -2.50. The molecule has 1 aliphatic rings.